The van der Waals surface area contributed by atoms with Crippen molar-refractivity contribution < 1.29 is 0 Å². The average molecular weight is 281 g/mol. The van der Waals surface area contributed by atoms with Crippen LogP contribution in [0.2, 0.25) is 5.15 Å². The SMILES string of the molecule is Cc1ccccc1-c1nc(Cl)cc(-c2ccccc2)n1. The fraction of sp³-hybridized carbons (Fsp3) is 0.0588. The molecule has 0 fully saturated rings. The lowest BCUT2D eigenvalue weighted by atomic mass is 10.1. The van der Waals surface area contributed by atoms with Crippen LogP contribution in [0.15, 0.2) is 60.7 Å². The van der Waals surface area contributed by atoms with Gasteiger partial charge in [0.1, 0.15) is 5.15 Å². The van der Waals surface area contributed by atoms with E-state index in [4.69, 9.17) is 11.6 Å². The van der Waals surface area contributed by atoms with E-state index in [0.717, 1.165) is 22.4 Å². The maximum absolute atomic E-state index is 6.15. The molecule has 0 saturated heterocycles. The highest BCUT2D eigenvalue weighted by Gasteiger charge is 2.09. The molecule has 2 aromatic carbocycles. The van der Waals surface area contributed by atoms with Crippen molar-refractivity contribution in [2.75, 3.05) is 0 Å². The molecule has 0 N–H and O–H groups in total. The molecular formula is C17H13ClN2. The van der Waals surface area contributed by atoms with E-state index in [1.807, 2.05) is 61.5 Å². The van der Waals surface area contributed by atoms with Crippen molar-refractivity contribution in [2.24, 2.45) is 0 Å². The molecule has 2 nitrogen and oxygen atoms in total. The third kappa shape index (κ3) is 2.56. The quantitative estimate of drug-likeness (QED) is 0.632. The molecule has 98 valence electrons. The van der Waals surface area contributed by atoms with Gasteiger partial charge in [-0.25, -0.2) is 9.97 Å². The van der Waals surface area contributed by atoms with Crippen molar-refractivity contribution >= 4 is 11.6 Å². The summed E-state index contributed by atoms with van der Waals surface area (Å²) in [6.07, 6.45) is 0. The molecule has 0 unspecified atom stereocenters. The summed E-state index contributed by atoms with van der Waals surface area (Å²) in [6.45, 7) is 2.04. The van der Waals surface area contributed by atoms with E-state index in [1.165, 1.54) is 0 Å². The zero-order valence-electron chi connectivity index (χ0n) is 11.0. The summed E-state index contributed by atoms with van der Waals surface area (Å²) >= 11 is 6.15. The van der Waals surface area contributed by atoms with Gasteiger partial charge in [-0.3, -0.25) is 0 Å². The molecule has 0 radical (unpaired) electrons. The van der Waals surface area contributed by atoms with Crippen molar-refractivity contribution in [3.05, 3.63) is 71.4 Å². The zero-order valence-corrected chi connectivity index (χ0v) is 11.8. The van der Waals surface area contributed by atoms with E-state index >= 15 is 0 Å². The van der Waals surface area contributed by atoms with Crippen LogP contribution in [0.4, 0.5) is 0 Å². The van der Waals surface area contributed by atoms with Gasteiger partial charge in [0.2, 0.25) is 0 Å². The highest BCUT2D eigenvalue weighted by Crippen LogP contribution is 2.25. The van der Waals surface area contributed by atoms with Gasteiger partial charge in [-0.1, -0.05) is 66.2 Å². The lowest BCUT2D eigenvalue weighted by Crippen LogP contribution is -1.94. The van der Waals surface area contributed by atoms with Crippen molar-refractivity contribution in [3.63, 3.8) is 0 Å². The molecule has 0 saturated carbocycles. The molecule has 1 heterocycles. The van der Waals surface area contributed by atoms with Gasteiger partial charge in [0.15, 0.2) is 5.82 Å². The molecule has 0 spiro atoms. The maximum Gasteiger partial charge on any atom is 0.161 e. The van der Waals surface area contributed by atoms with Crippen LogP contribution in [0.1, 0.15) is 5.56 Å². The lowest BCUT2D eigenvalue weighted by molar-refractivity contribution is 1.17. The second-order valence-corrected chi connectivity index (χ2v) is 4.97. The van der Waals surface area contributed by atoms with E-state index in [1.54, 1.807) is 6.07 Å². The highest BCUT2D eigenvalue weighted by molar-refractivity contribution is 6.29. The molecule has 0 aliphatic rings. The number of aromatic nitrogens is 2. The number of halogens is 1. The topological polar surface area (TPSA) is 25.8 Å². The Balaban J connectivity index is 2.15. The van der Waals surface area contributed by atoms with Gasteiger partial charge in [0.05, 0.1) is 5.69 Å². The Morgan fingerprint density at radius 2 is 1.55 bits per heavy atom. The van der Waals surface area contributed by atoms with Gasteiger partial charge in [-0.05, 0) is 12.5 Å². The number of hydrogen-bond acceptors (Lipinski definition) is 2. The van der Waals surface area contributed by atoms with Crippen molar-refractivity contribution in [1.29, 1.82) is 0 Å². The molecule has 3 aromatic rings. The molecule has 20 heavy (non-hydrogen) atoms. The van der Waals surface area contributed by atoms with Gasteiger partial charge in [0.25, 0.3) is 0 Å². The summed E-state index contributed by atoms with van der Waals surface area (Å²) in [5.74, 6) is 0.662. The van der Waals surface area contributed by atoms with Crippen molar-refractivity contribution in [3.8, 4) is 22.6 Å². The fourth-order valence-corrected chi connectivity index (χ4v) is 2.30. The van der Waals surface area contributed by atoms with E-state index in [0.29, 0.717) is 11.0 Å². The van der Waals surface area contributed by atoms with Gasteiger partial charge in [-0.15, -0.1) is 0 Å². The van der Waals surface area contributed by atoms with Crippen molar-refractivity contribution in [2.45, 2.75) is 6.92 Å². The fourth-order valence-electron chi connectivity index (χ4n) is 2.12. The Morgan fingerprint density at radius 3 is 2.30 bits per heavy atom. The lowest BCUT2D eigenvalue weighted by Gasteiger charge is -2.07. The standard InChI is InChI=1S/C17H13ClN2/c1-12-7-5-6-10-14(12)17-19-15(11-16(18)20-17)13-8-3-2-4-9-13/h2-11H,1H3. The average Bonchev–Trinajstić information content (AvgIpc) is 2.48. The molecule has 0 amide bonds. The van der Waals surface area contributed by atoms with E-state index in [-0.39, 0.29) is 0 Å². The maximum atomic E-state index is 6.15. The Hall–Kier alpha value is -2.19. The van der Waals surface area contributed by atoms with E-state index in [2.05, 4.69) is 9.97 Å². The summed E-state index contributed by atoms with van der Waals surface area (Å²) in [7, 11) is 0. The predicted octanol–water partition coefficient (Wildman–Crippen LogP) is 4.77. The number of aryl methyl sites for hydroxylation is 1. The summed E-state index contributed by atoms with van der Waals surface area (Å²) in [6, 6.07) is 19.8. The minimum Gasteiger partial charge on any atom is -0.228 e. The van der Waals surface area contributed by atoms with E-state index < -0.39 is 0 Å². The normalized spacial score (nSPS) is 10.5. The minimum atomic E-state index is 0.456. The monoisotopic (exact) mass is 280 g/mol. The molecule has 0 aliphatic carbocycles. The molecule has 3 heteroatoms. The number of nitrogens with zero attached hydrogens (tertiary/aromatic N) is 2. The van der Waals surface area contributed by atoms with Gasteiger partial charge in [-0.2, -0.15) is 0 Å². The Bertz CT molecular complexity index is 739. The zero-order chi connectivity index (χ0) is 13.9. The van der Waals surface area contributed by atoms with Crippen LogP contribution < -0.4 is 0 Å². The van der Waals surface area contributed by atoms with Gasteiger partial charge < -0.3 is 0 Å². The van der Waals surface area contributed by atoms with Crippen LogP contribution >= 0.6 is 11.6 Å². The smallest absolute Gasteiger partial charge is 0.161 e. The third-order valence-corrected chi connectivity index (χ3v) is 3.34. The number of hydrogen-bond donors (Lipinski definition) is 0. The summed E-state index contributed by atoms with van der Waals surface area (Å²) in [4.78, 5) is 8.98. The first-order valence-corrected chi connectivity index (χ1v) is 6.78. The first-order chi connectivity index (χ1) is 9.74. The van der Waals surface area contributed by atoms with Crippen LogP contribution in [-0.4, -0.2) is 9.97 Å². The van der Waals surface area contributed by atoms with Crippen LogP contribution in [0.25, 0.3) is 22.6 Å². The predicted molar refractivity (Wildman–Crippen MR) is 82.7 cm³/mol. The van der Waals surface area contributed by atoms with E-state index in [9.17, 15) is 0 Å². The molecule has 0 aliphatic heterocycles. The molecule has 1 aromatic heterocycles. The molecule has 0 atom stereocenters. The Kier molecular flexibility index (Phi) is 3.48. The first-order valence-electron chi connectivity index (χ1n) is 6.40. The summed E-state index contributed by atoms with van der Waals surface area (Å²) < 4.78 is 0. The van der Waals surface area contributed by atoms with Crippen LogP contribution in [0.5, 0.6) is 0 Å². The van der Waals surface area contributed by atoms with Crippen LogP contribution in [0.3, 0.4) is 0 Å². The Labute approximate surface area is 123 Å². The van der Waals surface area contributed by atoms with Crippen LogP contribution in [-0.2, 0) is 0 Å². The number of rotatable bonds is 2. The summed E-state index contributed by atoms with van der Waals surface area (Å²) in [5, 5.41) is 0.456. The summed E-state index contributed by atoms with van der Waals surface area (Å²) in [5.41, 5.74) is 4.01. The Morgan fingerprint density at radius 1 is 0.850 bits per heavy atom. The van der Waals surface area contributed by atoms with Gasteiger partial charge >= 0.3 is 0 Å². The van der Waals surface area contributed by atoms with Gasteiger partial charge in [0, 0.05) is 17.2 Å². The molecule has 0 bridgehead atoms. The highest BCUT2D eigenvalue weighted by atomic mass is 35.5. The van der Waals surface area contributed by atoms with Crippen LogP contribution in [0, 0.1) is 6.92 Å². The largest absolute Gasteiger partial charge is 0.228 e. The second-order valence-electron chi connectivity index (χ2n) is 4.58. The number of benzene rings is 2. The minimum absolute atomic E-state index is 0.456. The third-order valence-electron chi connectivity index (χ3n) is 3.15. The van der Waals surface area contributed by atoms with Crippen molar-refractivity contribution in [1.82, 2.24) is 9.97 Å². The molecule has 3 rings (SSSR count). The molecular weight excluding hydrogens is 268 g/mol. The second kappa shape index (κ2) is 5.43. The first kappa shape index (κ1) is 12.8.